The first-order valence-electron chi connectivity index (χ1n) is 10.5. The van der Waals surface area contributed by atoms with Crippen LogP contribution in [0.5, 0.6) is 23.0 Å². The molecule has 0 spiro atoms. The molecule has 162 valence electrons. The number of nitrogens with two attached hydrogens (primary N) is 2. The lowest BCUT2D eigenvalue weighted by atomic mass is 10.1. The summed E-state index contributed by atoms with van der Waals surface area (Å²) < 4.78 is 11.8. The summed E-state index contributed by atoms with van der Waals surface area (Å²) in [6, 6.07) is 35.3. The number of benzene rings is 4. The van der Waals surface area contributed by atoms with E-state index < -0.39 is 0 Å². The molecule has 0 saturated heterocycles. The van der Waals surface area contributed by atoms with Gasteiger partial charge in [0.05, 0.1) is 0 Å². The normalized spacial score (nSPS) is 10.7. The Morgan fingerprint density at radius 2 is 0.697 bits per heavy atom. The summed E-state index contributed by atoms with van der Waals surface area (Å²) in [5.41, 5.74) is 15.2. The Morgan fingerprint density at radius 3 is 1.03 bits per heavy atom. The number of rotatable bonds is 6. The van der Waals surface area contributed by atoms with Gasteiger partial charge in [-0.15, -0.1) is 11.3 Å². The lowest BCUT2D eigenvalue weighted by Gasteiger charge is -2.07. The highest BCUT2D eigenvalue weighted by atomic mass is 32.1. The van der Waals surface area contributed by atoms with Crippen LogP contribution in [-0.2, 0) is 0 Å². The minimum absolute atomic E-state index is 0.718. The van der Waals surface area contributed by atoms with Crippen LogP contribution < -0.4 is 20.9 Å². The zero-order valence-electron chi connectivity index (χ0n) is 17.8. The molecule has 1 aromatic heterocycles. The van der Waals surface area contributed by atoms with E-state index in [9.17, 15) is 0 Å². The van der Waals surface area contributed by atoms with E-state index >= 15 is 0 Å². The molecule has 1 heterocycles. The Balaban J connectivity index is 1.26. The SMILES string of the molecule is Nc1ccc(Oc2ccc(-c3ccc(-c4ccc(Oc5ccc(N)cc5)cc4)s3)cc2)cc1. The molecule has 5 aromatic rings. The lowest BCUT2D eigenvalue weighted by Crippen LogP contribution is -1.86. The zero-order valence-corrected chi connectivity index (χ0v) is 18.6. The fourth-order valence-electron chi connectivity index (χ4n) is 3.37. The molecule has 0 bridgehead atoms. The fourth-order valence-corrected chi connectivity index (χ4v) is 4.38. The van der Waals surface area contributed by atoms with Crippen LogP contribution in [0.4, 0.5) is 11.4 Å². The molecular weight excluding hydrogens is 428 g/mol. The van der Waals surface area contributed by atoms with Gasteiger partial charge in [-0.1, -0.05) is 0 Å². The minimum Gasteiger partial charge on any atom is -0.457 e. The summed E-state index contributed by atoms with van der Waals surface area (Å²) in [4.78, 5) is 2.40. The first kappa shape index (κ1) is 20.7. The fraction of sp³-hybridized carbons (Fsp3) is 0. The third-order valence-corrected chi connectivity index (χ3v) is 6.30. The Kier molecular flexibility index (Phi) is 5.70. The Labute approximate surface area is 196 Å². The molecule has 0 saturated carbocycles. The van der Waals surface area contributed by atoms with Crippen molar-refractivity contribution in [3.63, 3.8) is 0 Å². The van der Waals surface area contributed by atoms with Crippen molar-refractivity contribution in [2.45, 2.75) is 0 Å². The summed E-state index contributed by atoms with van der Waals surface area (Å²) in [6.45, 7) is 0. The Hall–Kier alpha value is -4.22. The third-order valence-electron chi connectivity index (χ3n) is 5.12. The number of hydrogen-bond donors (Lipinski definition) is 2. The summed E-state index contributed by atoms with van der Waals surface area (Å²) in [7, 11) is 0. The smallest absolute Gasteiger partial charge is 0.127 e. The average Bonchev–Trinajstić information content (AvgIpc) is 3.33. The van der Waals surface area contributed by atoms with Crippen molar-refractivity contribution in [2.75, 3.05) is 11.5 Å². The number of thiophene rings is 1. The van der Waals surface area contributed by atoms with E-state index in [0.717, 1.165) is 45.5 Å². The molecule has 4 aromatic carbocycles. The largest absolute Gasteiger partial charge is 0.457 e. The highest BCUT2D eigenvalue weighted by Gasteiger charge is 2.07. The highest BCUT2D eigenvalue weighted by Crippen LogP contribution is 2.36. The average molecular weight is 451 g/mol. The van der Waals surface area contributed by atoms with Crippen molar-refractivity contribution in [1.29, 1.82) is 0 Å². The summed E-state index contributed by atoms with van der Waals surface area (Å²) >= 11 is 1.75. The van der Waals surface area contributed by atoms with Gasteiger partial charge in [-0.25, -0.2) is 0 Å². The van der Waals surface area contributed by atoms with Crippen LogP contribution in [-0.4, -0.2) is 0 Å². The van der Waals surface area contributed by atoms with Crippen LogP contribution >= 0.6 is 11.3 Å². The van der Waals surface area contributed by atoms with Gasteiger partial charge < -0.3 is 20.9 Å². The van der Waals surface area contributed by atoms with Gasteiger partial charge in [0.25, 0.3) is 0 Å². The second-order valence-corrected chi connectivity index (χ2v) is 8.64. The summed E-state index contributed by atoms with van der Waals surface area (Å²) in [5.74, 6) is 3.10. The van der Waals surface area contributed by atoms with Crippen molar-refractivity contribution in [1.82, 2.24) is 0 Å². The molecular formula is C28H22N2O2S. The molecule has 0 unspecified atom stereocenters. The number of anilines is 2. The van der Waals surface area contributed by atoms with Gasteiger partial charge in [0.1, 0.15) is 23.0 Å². The maximum atomic E-state index is 5.89. The molecule has 0 aliphatic rings. The van der Waals surface area contributed by atoms with Crippen molar-refractivity contribution < 1.29 is 9.47 Å². The van der Waals surface area contributed by atoms with Gasteiger partial charge in [-0.3, -0.25) is 0 Å². The topological polar surface area (TPSA) is 70.5 Å². The molecule has 0 atom stereocenters. The van der Waals surface area contributed by atoms with Gasteiger partial charge in [-0.05, 0) is 120 Å². The molecule has 0 fully saturated rings. The summed E-state index contributed by atoms with van der Waals surface area (Å²) in [5, 5.41) is 0. The third kappa shape index (κ3) is 5.00. The first-order chi connectivity index (χ1) is 16.1. The molecule has 0 radical (unpaired) electrons. The van der Waals surface area contributed by atoms with Gasteiger partial charge in [0.2, 0.25) is 0 Å². The second-order valence-electron chi connectivity index (χ2n) is 7.55. The van der Waals surface area contributed by atoms with E-state index in [1.807, 2.05) is 72.8 Å². The van der Waals surface area contributed by atoms with Gasteiger partial charge in [-0.2, -0.15) is 0 Å². The van der Waals surface area contributed by atoms with Crippen molar-refractivity contribution in [2.24, 2.45) is 0 Å². The monoisotopic (exact) mass is 450 g/mol. The van der Waals surface area contributed by atoms with E-state index in [0.29, 0.717) is 0 Å². The van der Waals surface area contributed by atoms with Crippen molar-refractivity contribution in [3.8, 4) is 43.9 Å². The van der Waals surface area contributed by atoms with E-state index in [1.54, 1.807) is 11.3 Å². The number of nitrogen functional groups attached to an aromatic ring is 2. The van der Waals surface area contributed by atoms with Gasteiger partial charge in [0.15, 0.2) is 0 Å². The highest BCUT2D eigenvalue weighted by molar-refractivity contribution is 7.18. The van der Waals surface area contributed by atoms with Crippen LogP contribution in [0.3, 0.4) is 0 Å². The van der Waals surface area contributed by atoms with Crippen LogP contribution in [0.15, 0.2) is 109 Å². The molecule has 0 aliphatic carbocycles. The number of hydrogen-bond acceptors (Lipinski definition) is 5. The second kappa shape index (κ2) is 9.10. The molecule has 0 amide bonds. The molecule has 4 N–H and O–H groups in total. The summed E-state index contributed by atoms with van der Waals surface area (Å²) in [6.07, 6.45) is 0. The minimum atomic E-state index is 0.718. The maximum Gasteiger partial charge on any atom is 0.127 e. The molecule has 5 heteroatoms. The standard InChI is InChI=1S/C28H22N2O2S/c29-21-5-13-25(14-6-21)31-23-9-1-19(2-10-23)27-17-18-28(33-27)20-3-11-24(12-4-20)32-26-15-7-22(30)8-16-26/h1-18H,29-30H2. The lowest BCUT2D eigenvalue weighted by molar-refractivity contribution is 0.482. The number of ether oxygens (including phenoxy) is 2. The molecule has 0 aliphatic heterocycles. The predicted molar refractivity (Wildman–Crippen MR) is 137 cm³/mol. The molecule has 33 heavy (non-hydrogen) atoms. The van der Waals surface area contributed by atoms with Gasteiger partial charge in [0, 0.05) is 21.1 Å². The van der Waals surface area contributed by atoms with E-state index in [2.05, 4.69) is 36.4 Å². The van der Waals surface area contributed by atoms with Crippen LogP contribution in [0.25, 0.3) is 20.9 Å². The van der Waals surface area contributed by atoms with Gasteiger partial charge >= 0.3 is 0 Å². The first-order valence-corrected chi connectivity index (χ1v) is 11.3. The van der Waals surface area contributed by atoms with Crippen molar-refractivity contribution >= 4 is 22.7 Å². The maximum absolute atomic E-state index is 5.89. The van der Waals surface area contributed by atoms with Crippen LogP contribution in [0, 0.1) is 0 Å². The van der Waals surface area contributed by atoms with Crippen LogP contribution in [0.2, 0.25) is 0 Å². The quantitative estimate of drug-likeness (QED) is 0.259. The van der Waals surface area contributed by atoms with E-state index in [4.69, 9.17) is 20.9 Å². The Bertz CT molecular complexity index is 1240. The predicted octanol–water partition coefficient (Wildman–Crippen LogP) is 7.83. The van der Waals surface area contributed by atoms with Crippen molar-refractivity contribution in [3.05, 3.63) is 109 Å². The Morgan fingerprint density at radius 1 is 0.394 bits per heavy atom. The molecule has 4 nitrogen and oxygen atoms in total. The van der Waals surface area contributed by atoms with Crippen LogP contribution in [0.1, 0.15) is 0 Å². The zero-order chi connectivity index (χ0) is 22.6. The van der Waals surface area contributed by atoms with E-state index in [-0.39, 0.29) is 0 Å². The van der Waals surface area contributed by atoms with E-state index in [1.165, 1.54) is 9.75 Å². The molecule has 5 rings (SSSR count).